The number of unbranched alkanes of at least 4 members (excludes halogenated alkanes) is 12. The van der Waals surface area contributed by atoms with Crippen molar-refractivity contribution in [3.8, 4) is 23.0 Å². The molecule has 0 aliphatic carbocycles. The molecule has 10 nitrogen and oxygen atoms in total. The number of carbonyl (C=O) groups excluding carboxylic acids is 2. The zero-order valence-corrected chi connectivity index (χ0v) is 32.5. The Hall–Kier alpha value is -4.02. The van der Waals surface area contributed by atoms with Crippen molar-refractivity contribution < 1.29 is 47.5 Å². The first-order chi connectivity index (χ1) is 26.6. The van der Waals surface area contributed by atoms with Gasteiger partial charge in [-0.2, -0.15) is 0 Å². The molecule has 0 aromatic heterocycles. The summed E-state index contributed by atoms with van der Waals surface area (Å²) in [4.78, 5) is 24.7. The molecular weight excluding hydrogens is 688 g/mol. The molecule has 10 heteroatoms. The van der Waals surface area contributed by atoms with Crippen LogP contribution in [-0.4, -0.2) is 64.8 Å². The molecule has 1 heterocycles. The summed E-state index contributed by atoms with van der Waals surface area (Å²) in [6.45, 7) is 10.4. The van der Waals surface area contributed by atoms with Crippen LogP contribution in [0.25, 0.3) is 0 Å². The third-order valence-electron chi connectivity index (χ3n) is 8.84. The van der Waals surface area contributed by atoms with Gasteiger partial charge in [-0.1, -0.05) is 75.7 Å². The summed E-state index contributed by atoms with van der Waals surface area (Å²) >= 11 is 0. The summed E-state index contributed by atoms with van der Waals surface area (Å²) in [6, 6.07) is 11.1. The Morgan fingerprint density at radius 2 is 0.833 bits per heavy atom. The van der Waals surface area contributed by atoms with Crippen LogP contribution in [-0.2, 0) is 41.8 Å². The average molecular weight is 753 g/mol. The number of ether oxygens (including phenoxy) is 8. The fraction of sp³-hybridized carbons (Fsp3) is 0.591. The molecule has 0 N–H and O–H groups in total. The van der Waals surface area contributed by atoms with E-state index in [0.717, 1.165) is 62.5 Å². The molecule has 0 atom stereocenters. The van der Waals surface area contributed by atoms with Crippen LogP contribution in [0.4, 0.5) is 0 Å². The van der Waals surface area contributed by atoms with E-state index in [4.69, 9.17) is 37.9 Å². The standard InChI is InChI=1S/C44H64O10/c1-3-5-7-9-11-13-15-17-19-43(45)53-35-37-21-23-39-41(33-37)51-31-27-48-28-32-52-42-34-38(22-24-40(42)50-30-26-47-25-29-49-39)36-54-44(46)20-18-16-14-12-10-8-6-4-2/h3-4,21-24,33-34H,1-2,5-20,25-32,35-36H2. The Morgan fingerprint density at radius 1 is 0.481 bits per heavy atom. The van der Waals surface area contributed by atoms with Crippen LogP contribution in [0.2, 0.25) is 0 Å². The SMILES string of the molecule is C=CCCCCCCCCC(=O)OCc1ccc2c(c1)OCCOCCOc1cc(COC(=O)CCCCCCCCC=C)ccc1OCCOCCO2. The summed E-state index contributed by atoms with van der Waals surface area (Å²) in [7, 11) is 0. The van der Waals surface area contributed by atoms with Gasteiger partial charge in [0.05, 0.1) is 26.4 Å². The second-order valence-electron chi connectivity index (χ2n) is 13.4. The van der Waals surface area contributed by atoms with Gasteiger partial charge in [-0.25, -0.2) is 0 Å². The number of rotatable bonds is 22. The Balaban J connectivity index is 1.41. The van der Waals surface area contributed by atoms with E-state index >= 15 is 0 Å². The van der Waals surface area contributed by atoms with Crippen molar-refractivity contribution in [1.29, 1.82) is 0 Å². The monoisotopic (exact) mass is 752 g/mol. The molecule has 0 unspecified atom stereocenters. The summed E-state index contributed by atoms with van der Waals surface area (Å²) in [6.07, 6.45) is 20.1. The van der Waals surface area contributed by atoms with Crippen LogP contribution in [0.3, 0.4) is 0 Å². The molecule has 0 radical (unpaired) electrons. The Kier molecular flexibility index (Phi) is 24.1. The smallest absolute Gasteiger partial charge is 0.306 e. The number of carbonyl (C=O) groups is 2. The summed E-state index contributed by atoms with van der Waals surface area (Å²) in [5.74, 6) is 1.84. The highest BCUT2D eigenvalue weighted by Gasteiger charge is 2.12. The van der Waals surface area contributed by atoms with E-state index in [1.807, 2.05) is 48.6 Å². The first kappa shape index (κ1) is 44.4. The predicted octanol–water partition coefficient (Wildman–Crippen LogP) is 9.65. The largest absolute Gasteiger partial charge is 0.487 e. The quantitative estimate of drug-likeness (QED) is 0.0656. The molecule has 0 bridgehead atoms. The van der Waals surface area contributed by atoms with E-state index in [0.29, 0.717) is 75.5 Å². The van der Waals surface area contributed by atoms with Gasteiger partial charge in [-0.05, 0) is 73.9 Å². The summed E-state index contributed by atoms with van der Waals surface area (Å²) in [5.41, 5.74) is 1.62. The second-order valence-corrected chi connectivity index (χ2v) is 13.4. The molecule has 1 aliphatic rings. The maximum absolute atomic E-state index is 12.3. The highest BCUT2D eigenvalue weighted by atomic mass is 16.6. The van der Waals surface area contributed by atoms with E-state index in [2.05, 4.69) is 13.2 Å². The fourth-order valence-corrected chi connectivity index (χ4v) is 5.80. The number of benzene rings is 2. The zero-order chi connectivity index (χ0) is 38.3. The summed E-state index contributed by atoms with van der Waals surface area (Å²) < 4.78 is 46.7. The molecule has 3 rings (SSSR count). The van der Waals surface area contributed by atoms with Crippen molar-refractivity contribution in [2.45, 2.75) is 116 Å². The first-order valence-electron chi connectivity index (χ1n) is 20.0. The van der Waals surface area contributed by atoms with E-state index in [9.17, 15) is 9.59 Å². The van der Waals surface area contributed by atoms with Gasteiger partial charge in [-0.3, -0.25) is 9.59 Å². The van der Waals surface area contributed by atoms with E-state index < -0.39 is 0 Å². The van der Waals surface area contributed by atoms with Crippen molar-refractivity contribution >= 4 is 11.9 Å². The number of hydrogen-bond acceptors (Lipinski definition) is 10. The molecule has 0 amide bonds. The van der Waals surface area contributed by atoms with E-state index in [-0.39, 0.29) is 38.4 Å². The maximum Gasteiger partial charge on any atom is 0.306 e. The second kappa shape index (κ2) is 29.4. The molecule has 0 spiro atoms. The van der Waals surface area contributed by atoms with Gasteiger partial charge in [0.2, 0.25) is 0 Å². The van der Waals surface area contributed by atoms with Gasteiger partial charge in [0.1, 0.15) is 39.6 Å². The lowest BCUT2D eigenvalue weighted by molar-refractivity contribution is -0.146. The lowest BCUT2D eigenvalue weighted by atomic mass is 10.1. The molecule has 0 fully saturated rings. The number of esters is 2. The molecule has 300 valence electrons. The third kappa shape index (κ3) is 20.4. The van der Waals surface area contributed by atoms with Crippen LogP contribution in [0.1, 0.15) is 114 Å². The van der Waals surface area contributed by atoms with Gasteiger partial charge in [-0.15, -0.1) is 13.2 Å². The van der Waals surface area contributed by atoms with Gasteiger partial charge >= 0.3 is 11.9 Å². The van der Waals surface area contributed by atoms with Crippen LogP contribution < -0.4 is 18.9 Å². The number of hydrogen-bond donors (Lipinski definition) is 0. The van der Waals surface area contributed by atoms with Gasteiger partial charge in [0, 0.05) is 12.8 Å². The Morgan fingerprint density at radius 3 is 1.22 bits per heavy atom. The van der Waals surface area contributed by atoms with E-state index in [1.54, 1.807) is 0 Å². The van der Waals surface area contributed by atoms with E-state index in [1.165, 1.54) is 38.5 Å². The predicted molar refractivity (Wildman–Crippen MR) is 210 cm³/mol. The molecular formula is C44H64O10. The average Bonchev–Trinajstić information content (AvgIpc) is 3.18. The minimum atomic E-state index is -0.195. The Bertz CT molecular complexity index is 1240. The minimum absolute atomic E-state index is 0.163. The van der Waals surface area contributed by atoms with Crippen molar-refractivity contribution in [2.75, 3.05) is 52.9 Å². The lowest BCUT2D eigenvalue weighted by Crippen LogP contribution is -2.15. The third-order valence-corrected chi connectivity index (χ3v) is 8.84. The van der Waals surface area contributed by atoms with Crippen molar-refractivity contribution in [1.82, 2.24) is 0 Å². The van der Waals surface area contributed by atoms with Crippen LogP contribution in [0.5, 0.6) is 23.0 Å². The normalized spacial score (nSPS) is 13.9. The Labute approximate surface area is 323 Å². The molecule has 0 saturated carbocycles. The van der Waals surface area contributed by atoms with Crippen molar-refractivity contribution in [2.24, 2.45) is 0 Å². The molecule has 0 saturated heterocycles. The summed E-state index contributed by atoms with van der Waals surface area (Å²) in [5, 5.41) is 0. The van der Waals surface area contributed by atoms with Crippen LogP contribution in [0.15, 0.2) is 61.7 Å². The molecule has 1 aliphatic heterocycles. The van der Waals surface area contributed by atoms with Gasteiger partial charge < -0.3 is 37.9 Å². The number of allylic oxidation sites excluding steroid dienone is 2. The minimum Gasteiger partial charge on any atom is -0.487 e. The van der Waals surface area contributed by atoms with Crippen LogP contribution >= 0.6 is 0 Å². The molecule has 54 heavy (non-hydrogen) atoms. The van der Waals surface area contributed by atoms with Crippen molar-refractivity contribution in [3.63, 3.8) is 0 Å². The topological polar surface area (TPSA) is 108 Å². The fourth-order valence-electron chi connectivity index (χ4n) is 5.80. The van der Waals surface area contributed by atoms with Crippen molar-refractivity contribution in [3.05, 3.63) is 72.8 Å². The molecule has 2 aromatic carbocycles. The lowest BCUT2D eigenvalue weighted by Gasteiger charge is -2.17. The first-order valence-corrected chi connectivity index (χ1v) is 20.0. The van der Waals surface area contributed by atoms with Gasteiger partial charge in [0.15, 0.2) is 23.0 Å². The van der Waals surface area contributed by atoms with Gasteiger partial charge in [0.25, 0.3) is 0 Å². The van der Waals surface area contributed by atoms with Crippen LogP contribution in [0, 0.1) is 0 Å². The maximum atomic E-state index is 12.3. The molecule has 2 aromatic rings. The zero-order valence-electron chi connectivity index (χ0n) is 32.5. The highest BCUT2D eigenvalue weighted by Crippen LogP contribution is 2.30. The number of fused-ring (bicyclic) bond motifs is 2. The highest BCUT2D eigenvalue weighted by molar-refractivity contribution is 5.69.